The molecule has 3 rings (SSSR count). The van der Waals surface area contributed by atoms with Gasteiger partial charge >= 0.3 is 0 Å². The Kier molecular flexibility index (Phi) is 5.89. The molecule has 4 heteroatoms. The van der Waals surface area contributed by atoms with Crippen molar-refractivity contribution in [1.82, 2.24) is 0 Å². The maximum Gasteiger partial charge on any atom is 0.193 e. The van der Waals surface area contributed by atoms with Gasteiger partial charge in [-0.1, -0.05) is 54.6 Å². The maximum atomic E-state index is 13.1. The van der Waals surface area contributed by atoms with Gasteiger partial charge in [0.25, 0.3) is 0 Å². The van der Waals surface area contributed by atoms with Crippen molar-refractivity contribution in [3.63, 3.8) is 0 Å². The fourth-order valence-corrected chi connectivity index (χ4v) is 3.16. The number of methoxy groups -OCH3 is 2. The maximum absolute atomic E-state index is 13.1. The van der Waals surface area contributed by atoms with Crippen LogP contribution in [0.15, 0.2) is 66.7 Å². The van der Waals surface area contributed by atoms with E-state index in [1.165, 1.54) is 0 Å². The molecule has 4 nitrogen and oxygen atoms in total. The van der Waals surface area contributed by atoms with Crippen molar-refractivity contribution < 1.29 is 19.4 Å². The quantitative estimate of drug-likeness (QED) is 0.642. The SMILES string of the molecule is COc1cc(CCO)c(-c2ccccc2C(=O)c2ccccc2)cc1OC. The molecule has 0 saturated heterocycles. The third-order valence-electron chi connectivity index (χ3n) is 4.49. The molecule has 0 unspecified atom stereocenters. The lowest BCUT2D eigenvalue weighted by atomic mass is 9.90. The van der Waals surface area contributed by atoms with E-state index >= 15 is 0 Å². The standard InChI is InChI=1S/C23H22O4/c1-26-21-14-17(12-13-24)20(15-22(21)27-2)18-10-6-7-11-19(18)23(25)16-8-4-3-5-9-16/h3-11,14-15,24H,12-13H2,1-2H3. The van der Waals surface area contributed by atoms with Gasteiger partial charge in [0.2, 0.25) is 0 Å². The Morgan fingerprint density at radius 3 is 2.15 bits per heavy atom. The minimum Gasteiger partial charge on any atom is -0.493 e. The first-order valence-electron chi connectivity index (χ1n) is 8.74. The lowest BCUT2D eigenvalue weighted by molar-refractivity contribution is 0.103. The Morgan fingerprint density at radius 1 is 0.852 bits per heavy atom. The molecule has 0 fully saturated rings. The molecule has 0 aliphatic heterocycles. The summed E-state index contributed by atoms with van der Waals surface area (Å²) in [4.78, 5) is 13.1. The summed E-state index contributed by atoms with van der Waals surface area (Å²) in [6.45, 7) is -0.00270. The highest BCUT2D eigenvalue weighted by molar-refractivity contribution is 6.13. The summed E-state index contributed by atoms with van der Waals surface area (Å²) in [6.07, 6.45) is 0.448. The Hall–Kier alpha value is -3.11. The average Bonchev–Trinajstić information content (AvgIpc) is 2.73. The molecule has 0 amide bonds. The van der Waals surface area contributed by atoms with Crippen molar-refractivity contribution >= 4 is 5.78 Å². The fraction of sp³-hybridized carbons (Fsp3) is 0.174. The van der Waals surface area contributed by atoms with E-state index in [9.17, 15) is 9.90 Å². The molecule has 0 spiro atoms. The molecule has 3 aromatic rings. The summed E-state index contributed by atoms with van der Waals surface area (Å²) in [5.41, 5.74) is 3.78. The largest absolute Gasteiger partial charge is 0.493 e. The van der Waals surface area contributed by atoms with Crippen molar-refractivity contribution in [1.29, 1.82) is 0 Å². The first kappa shape index (κ1) is 18.7. The second-order valence-electron chi connectivity index (χ2n) is 6.08. The van der Waals surface area contributed by atoms with Crippen LogP contribution in [0.1, 0.15) is 21.5 Å². The van der Waals surface area contributed by atoms with Crippen LogP contribution < -0.4 is 9.47 Å². The number of hydrogen-bond donors (Lipinski definition) is 1. The van der Waals surface area contributed by atoms with Gasteiger partial charge in [0.05, 0.1) is 14.2 Å². The number of ether oxygens (including phenoxy) is 2. The number of ketones is 1. The molecule has 0 radical (unpaired) electrons. The molecular formula is C23H22O4. The Balaban J connectivity index is 2.18. The van der Waals surface area contributed by atoms with Crippen molar-refractivity contribution in [3.8, 4) is 22.6 Å². The zero-order valence-electron chi connectivity index (χ0n) is 15.4. The summed E-state index contributed by atoms with van der Waals surface area (Å²) in [7, 11) is 3.15. The molecule has 0 saturated carbocycles. The summed E-state index contributed by atoms with van der Waals surface area (Å²) < 4.78 is 10.8. The zero-order chi connectivity index (χ0) is 19.2. The summed E-state index contributed by atoms with van der Waals surface area (Å²) in [6, 6.07) is 20.4. The topological polar surface area (TPSA) is 55.8 Å². The van der Waals surface area contributed by atoms with Gasteiger partial charge in [-0.25, -0.2) is 0 Å². The van der Waals surface area contributed by atoms with Gasteiger partial charge in [-0.3, -0.25) is 4.79 Å². The second-order valence-corrected chi connectivity index (χ2v) is 6.08. The molecule has 27 heavy (non-hydrogen) atoms. The molecule has 0 atom stereocenters. The Morgan fingerprint density at radius 2 is 1.48 bits per heavy atom. The second kappa shape index (κ2) is 8.52. The predicted octanol–water partition coefficient (Wildman–Crippen LogP) is 4.14. The first-order valence-corrected chi connectivity index (χ1v) is 8.74. The fourth-order valence-electron chi connectivity index (χ4n) is 3.16. The van der Waals surface area contributed by atoms with E-state index in [4.69, 9.17) is 9.47 Å². The zero-order valence-corrected chi connectivity index (χ0v) is 15.4. The predicted molar refractivity (Wildman–Crippen MR) is 106 cm³/mol. The van der Waals surface area contributed by atoms with Crippen molar-refractivity contribution in [2.45, 2.75) is 6.42 Å². The number of aliphatic hydroxyl groups is 1. The van der Waals surface area contributed by atoms with Crippen LogP contribution in [0.3, 0.4) is 0 Å². The summed E-state index contributed by atoms with van der Waals surface area (Å²) in [5, 5.41) is 9.50. The molecule has 0 aliphatic carbocycles. The van der Waals surface area contributed by atoms with Gasteiger partial charge in [0, 0.05) is 17.7 Å². The van der Waals surface area contributed by atoms with Crippen LogP contribution in [0.5, 0.6) is 11.5 Å². The molecular weight excluding hydrogens is 340 g/mol. The van der Waals surface area contributed by atoms with Crippen molar-refractivity contribution in [2.24, 2.45) is 0 Å². The van der Waals surface area contributed by atoms with Gasteiger partial charge in [-0.05, 0) is 35.2 Å². The number of rotatable bonds is 7. The van der Waals surface area contributed by atoms with Crippen LogP contribution in [-0.2, 0) is 6.42 Å². The molecule has 0 bridgehead atoms. The van der Waals surface area contributed by atoms with E-state index in [1.807, 2.05) is 66.7 Å². The summed E-state index contributed by atoms with van der Waals surface area (Å²) >= 11 is 0. The molecule has 1 N–H and O–H groups in total. The first-order chi connectivity index (χ1) is 13.2. The number of carbonyl (C=O) groups excluding carboxylic acids is 1. The Bertz CT molecular complexity index is 932. The van der Waals surface area contributed by atoms with E-state index in [0.717, 1.165) is 16.7 Å². The van der Waals surface area contributed by atoms with E-state index in [2.05, 4.69) is 0 Å². The lowest BCUT2D eigenvalue weighted by Crippen LogP contribution is -2.05. The normalized spacial score (nSPS) is 10.5. The number of aliphatic hydroxyl groups excluding tert-OH is 1. The molecule has 0 aliphatic rings. The number of benzene rings is 3. The highest BCUT2D eigenvalue weighted by atomic mass is 16.5. The lowest BCUT2D eigenvalue weighted by Gasteiger charge is -2.17. The minimum absolute atomic E-state index is 0.00270. The highest BCUT2D eigenvalue weighted by Gasteiger charge is 2.18. The van der Waals surface area contributed by atoms with Crippen LogP contribution in [0.25, 0.3) is 11.1 Å². The smallest absolute Gasteiger partial charge is 0.193 e. The van der Waals surface area contributed by atoms with Gasteiger partial charge in [-0.2, -0.15) is 0 Å². The molecule has 0 aromatic heterocycles. The van der Waals surface area contributed by atoms with E-state index in [0.29, 0.717) is 29.0 Å². The van der Waals surface area contributed by atoms with Crippen LogP contribution in [0.2, 0.25) is 0 Å². The van der Waals surface area contributed by atoms with Gasteiger partial charge < -0.3 is 14.6 Å². The Labute approximate surface area is 159 Å². The third kappa shape index (κ3) is 3.86. The van der Waals surface area contributed by atoms with Crippen LogP contribution in [0, 0.1) is 0 Å². The van der Waals surface area contributed by atoms with Crippen molar-refractivity contribution in [3.05, 3.63) is 83.4 Å². The molecule has 3 aromatic carbocycles. The van der Waals surface area contributed by atoms with E-state index in [1.54, 1.807) is 14.2 Å². The summed E-state index contributed by atoms with van der Waals surface area (Å²) in [5.74, 6) is 1.13. The van der Waals surface area contributed by atoms with Crippen LogP contribution in [-0.4, -0.2) is 31.7 Å². The van der Waals surface area contributed by atoms with E-state index in [-0.39, 0.29) is 12.4 Å². The number of carbonyl (C=O) groups is 1. The van der Waals surface area contributed by atoms with Crippen molar-refractivity contribution in [2.75, 3.05) is 20.8 Å². The average molecular weight is 362 g/mol. The molecule has 0 heterocycles. The van der Waals surface area contributed by atoms with Gasteiger partial charge in [0.15, 0.2) is 17.3 Å². The van der Waals surface area contributed by atoms with Gasteiger partial charge in [0.1, 0.15) is 0 Å². The van der Waals surface area contributed by atoms with Crippen LogP contribution in [0.4, 0.5) is 0 Å². The third-order valence-corrected chi connectivity index (χ3v) is 4.49. The highest BCUT2D eigenvalue weighted by Crippen LogP contribution is 2.37. The minimum atomic E-state index is -0.0454. The van der Waals surface area contributed by atoms with Crippen LogP contribution >= 0.6 is 0 Å². The van der Waals surface area contributed by atoms with Gasteiger partial charge in [-0.15, -0.1) is 0 Å². The monoisotopic (exact) mass is 362 g/mol. The number of hydrogen-bond acceptors (Lipinski definition) is 4. The molecule has 138 valence electrons. The van der Waals surface area contributed by atoms with E-state index < -0.39 is 0 Å².